The van der Waals surface area contributed by atoms with Gasteiger partial charge in [-0.2, -0.15) is 13.2 Å². The van der Waals surface area contributed by atoms with Gasteiger partial charge in [0.2, 0.25) is 5.91 Å². The van der Waals surface area contributed by atoms with Crippen LogP contribution < -0.4 is 16.4 Å². The number of hydrogen-bond acceptors (Lipinski definition) is 4. The molecule has 0 aliphatic carbocycles. The molecule has 2 amide bonds. The number of hydrogen-bond donors (Lipinski definition) is 3. The number of halogens is 3. The van der Waals surface area contributed by atoms with Gasteiger partial charge in [-0.1, -0.05) is 18.2 Å². The first-order valence-electron chi connectivity index (χ1n) is 9.52. The maximum atomic E-state index is 12.8. The lowest BCUT2D eigenvalue weighted by molar-refractivity contribution is -0.137. The van der Waals surface area contributed by atoms with E-state index in [0.29, 0.717) is 12.2 Å². The highest BCUT2D eigenvalue weighted by molar-refractivity contribution is 5.96. The van der Waals surface area contributed by atoms with Gasteiger partial charge in [-0.15, -0.1) is 0 Å². The van der Waals surface area contributed by atoms with Gasteiger partial charge in [0, 0.05) is 36.9 Å². The summed E-state index contributed by atoms with van der Waals surface area (Å²) in [6, 6.07) is 11.7. The zero-order valence-electron chi connectivity index (χ0n) is 16.2. The van der Waals surface area contributed by atoms with Crippen molar-refractivity contribution in [2.75, 3.05) is 25.4 Å². The second-order valence-electron chi connectivity index (χ2n) is 7.29. The van der Waals surface area contributed by atoms with Crippen LogP contribution in [0.25, 0.3) is 0 Å². The number of nitrogens with one attached hydrogen (secondary N) is 2. The number of benzene rings is 2. The molecule has 1 aliphatic heterocycles. The van der Waals surface area contributed by atoms with Crippen molar-refractivity contribution in [2.24, 2.45) is 0 Å². The number of nitrogens with zero attached hydrogens (tertiary/aromatic N) is 1. The van der Waals surface area contributed by atoms with Gasteiger partial charge in [0.15, 0.2) is 0 Å². The molecule has 6 nitrogen and oxygen atoms in total. The number of carbonyl (C=O) groups excluding carboxylic acids is 2. The summed E-state index contributed by atoms with van der Waals surface area (Å²) in [5.41, 5.74) is 6.46. The van der Waals surface area contributed by atoms with Gasteiger partial charge in [-0.3, -0.25) is 14.5 Å². The van der Waals surface area contributed by atoms with E-state index < -0.39 is 17.6 Å². The smallest absolute Gasteiger partial charge is 0.399 e. The highest BCUT2D eigenvalue weighted by atomic mass is 19.4. The Hall–Kier alpha value is -3.07. The zero-order valence-corrected chi connectivity index (χ0v) is 16.2. The highest BCUT2D eigenvalue weighted by Crippen LogP contribution is 2.29. The third-order valence-corrected chi connectivity index (χ3v) is 4.88. The third kappa shape index (κ3) is 5.96. The van der Waals surface area contributed by atoms with E-state index in [-0.39, 0.29) is 24.1 Å². The van der Waals surface area contributed by atoms with Crippen molar-refractivity contribution in [1.82, 2.24) is 15.5 Å². The molecule has 9 heteroatoms. The number of alkyl halides is 3. The minimum atomic E-state index is -4.53. The first-order valence-corrected chi connectivity index (χ1v) is 9.52. The fraction of sp³-hybridized carbons (Fsp3) is 0.333. The molecule has 0 saturated carbocycles. The van der Waals surface area contributed by atoms with Crippen molar-refractivity contribution in [3.63, 3.8) is 0 Å². The van der Waals surface area contributed by atoms with E-state index in [0.717, 1.165) is 43.3 Å². The first-order chi connectivity index (χ1) is 14.2. The predicted molar refractivity (Wildman–Crippen MR) is 106 cm³/mol. The number of amides is 2. The second-order valence-corrected chi connectivity index (χ2v) is 7.29. The summed E-state index contributed by atoms with van der Waals surface area (Å²) in [6.45, 7) is 1.95. The van der Waals surface area contributed by atoms with E-state index in [9.17, 15) is 22.8 Å². The lowest BCUT2D eigenvalue weighted by Gasteiger charge is -2.17. The van der Waals surface area contributed by atoms with Crippen molar-refractivity contribution in [2.45, 2.75) is 25.2 Å². The van der Waals surface area contributed by atoms with Crippen LogP contribution in [0.4, 0.5) is 18.9 Å². The van der Waals surface area contributed by atoms with E-state index >= 15 is 0 Å². The minimum absolute atomic E-state index is 0.0447. The number of nitrogens with two attached hydrogens (primary N) is 1. The molecule has 1 fully saturated rings. The van der Waals surface area contributed by atoms with Crippen LogP contribution in [0.5, 0.6) is 0 Å². The second kappa shape index (κ2) is 9.17. The standard InChI is InChI=1S/C21H23F3N4O2/c22-21(23,24)16-3-1-2-15(10-16)20(30)26-11-19(29)27-18-8-9-28(13-18)12-14-4-6-17(25)7-5-14/h1-7,10,18H,8-9,11-13,25H2,(H,26,30)(H,27,29)/t18-/m1/s1. The summed E-state index contributed by atoms with van der Waals surface area (Å²) in [5.74, 6) is -1.11. The lowest BCUT2D eigenvalue weighted by atomic mass is 10.1. The first kappa shape index (κ1) is 21.6. The topological polar surface area (TPSA) is 87.5 Å². The van der Waals surface area contributed by atoms with Crippen molar-refractivity contribution >= 4 is 17.5 Å². The van der Waals surface area contributed by atoms with Crippen molar-refractivity contribution in [1.29, 1.82) is 0 Å². The maximum absolute atomic E-state index is 12.8. The molecule has 0 unspecified atom stereocenters. The summed E-state index contributed by atoms with van der Waals surface area (Å²) < 4.78 is 38.3. The summed E-state index contributed by atoms with van der Waals surface area (Å²) in [7, 11) is 0. The lowest BCUT2D eigenvalue weighted by Crippen LogP contribution is -2.43. The molecule has 0 aromatic heterocycles. The van der Waals surface area contributed by atoms with Gasteiger partial charge < -0.3 is 16.4 Å². The average Bonchev–Trinajstić information content (AvgIpc) is 3.14. The van der Waals surface area contributed by atoms with Crippen LogP contribution >= 0.6 is 0 Å². The number of likely N-dealkylation sites (tertiary alicyclic amines) is 1. The molecule has 0 spiro atoms. The molecule has 1 saturated heterocycles. The van der Waals surface area contributed by atoms with Crippen LogP contribution in [0.2, 0.25) is 0 Å². The molecular formula is C21H23F3N4O2. The van der Waals surface area contributed by atoms with Gasteiger partial charge in [-0.05, 0) is 42.3 Å². The highest BCUT2D eigenvalue weighted by Gasteiger charge is 2.31. The molecule has 0 radical (unpaired) electrons. The van der Waals surface area contributed by atoms with Crippen LogP contribution in [0.3, 0.4) is 0 Å². The molecule has 2 aromatic rings. The molecule has 1 heterocycles. The molecule has 30 heavy (non-hydrogen) atoms. The Kier molecular flexibility index (Phi) is 6.61. The summed E-state index contributed by atoms with van der Waals surface area (Å²) in [6.07, 6.45) is -3.75. The Morgan fingerprint density at radius 1 is 1.13 bits per heavy atom. The van der Waals surface area contributed by atoms with Crippen molar-refractivity contribution in [3.05, 3.63) is 65.2 Å². The molecule has 4 N–H and O–H groups in total. The van der Waals surface area contributed by atoms with E-state index in [2.05, 4.69) is 15.5 Å². The maximum Gasteiger partial charge on any atom is 0.416 e. The largest absolute Gasteiger partial charge is 0.416 e. The predicted octanol–water partition coefficient (Wildman–Crippen LogP) is 2.41. The SMILES string of the molecule is Nc1ccc(CN2CC[C@@H](NC(=O)CNC(=O)c3cccc(C(F)(F)F)c3)C2)cc1. The Morgan fingerprint density at radius 3 is 2.57 bits per heavy atom. The number of anilines is 1. The minimum Gasteiger partial charge on any atom is -0.399 e. The van der Waals surface area contributed by atoms with Crippen LogP contribution in [-0.4, -0.2) is 42.4 Å². The zero-order chi connectivity index (χ0) is 21.7. The van der Waals surface area contributed by atoms with E-state index in [1.54, 1.807) is 0 Å². The van der Waals surface area contributed by atoms with Crippen LogP contribution in [0.1, 0.15) is 27.9 Å². The fourth-order valence-corrected chi connectivity index (χ4v) is 3.35. The van der Waals surface area contributed by atoms with Gasteiger partial charge in [0.25, 0.3) is 5.91 Å². The number of rotatable bonds is 6. The molecule has 3 rings (SSSR count). The van der Waals surface area contributed by atoms with Gasteiger partial charge in [0.1, 0.15) is 0 Å². The van der Waals surface area contributed by atoms with E-state index in [1.165, 1.54) is 6.07 Å². The van der Waals surface area contributed by atoms with Crippen molar-refractivity contribution in [3.8, 4) is 0 Å². The Bertz CT molecular complexity index is 900. The van der Waals surface area contributed by atoms with Crippen molar-refractivity contribution < 1.29 is 22.8 Å². The number of nitrogen functional groups attached to an aromatic ring is 1. The Morgan fingerprint density at radius 2 is 1.87 bits per heavy atom. The molecule has 1 atom stereocenters. The fourth-order valence-electron chi connectivity index (χ4n) is 3.35. The molecule has 2 aromatic carbocycles. The summed E-state index contributed by atoms with van der Waals surface area (Å²) in [5, 5.41) is 5.21. The normalized spacial score (nSPS) is 17.0. The third-order valence-electron chi connectivity index (χ3n) is 4.88. The summed E-state index contributed by atoms with van der Waals surface area (Å²) in [4.78, 5) is 26.4. The van der Waals surface area contributed by atoms with Crippen LogP contribution in [-0.2, 0) is 17.5 Å². The van der Waals surface area contributed by atoms with Gasteiger partial charge in [0.05, 0.1) is 12.1 Å². The van der Waals surface area contributed by atoms with E-state index in [4.69, 9.17) is 5.73 Å². The number of carbonyl (C=O) groups is 2. The van der Waals surface area contributed by atoms with Crippen LogP contribution in [0.15, 0.2) is 48.5 Å². The molecule has 160 valence electrons. The molecule has 1 aliphatic rings. The van der Waals surface area contributed by atoms with Gasteiger partial charge >= 0.3 is 6.18 Å². The monoisotopic (exact) mass is 420 g/mol. The van der Waals surface area contributed by atoms with Crippen LogP contribution in [0, 0.1) is 0 Å². The average molecular weight is 420 g/mol. The summed E-state index contributed by atoms with van der Waals surface area (Å²) >= 11 is 0. The quantitative estimate of drug-likeness (QED) is 0.627. The molecule has 0 bridgehead atoms. The Balaban J connectivity index is 1.44. The molecular weight excluding hydrogens is 397 g/mol. The van der Waals surface area contributed by atoms with Gasteiger partial charge in [-0.25, -0.2) is 0 Å². The van der Waals surface area contributed by atoms with E-state index in [1.807, 2.05) is 24.3 Å². The Labute approximate surface area is 172 Å².